The zero-order chi connectivity index (χ0) is 10.3. The van der Waals surface area contributed by atoms with Crippen molar-refractivity contribution in [3.63, 3.8) is 0 Å². The molecule has 0 amide bonds. The Bertz CT molecular complexity index is 466. The van der Waals surface area contributed by atoms with E-state index in [4.69, 9.17) is 0 Å². The summed E-state index contributed by atoms with van der Waals surface area (Å²) in [5, 5.41) is 0. The number of hydrogen-bond acceptors (Lipinski definition) is 1. The maximum atomic E-state index is 4.37. The van der Waals surface area contributed by atoms with E-state index in [1.54, 1.807) is 0 Å². The third-order valence-electron chi connectivity index (χ3n) is 2.23. The highest BCUT2D eigenvalue weighted by molar-refractivity contribution is 9.10. The summed E-state index contributed by atoms with van der Waals surface area (Å²) in [6.07, 6.45) is 2.01. The first-order valence-electron chi connectivity index (χ1n) is 4.62. The molecule has 0 bridgehead atoms. The van der Waals surface area contributed by atoms with Gasteiger partial charge in [-0.05, 0) is 28.1 Å². The predicted molar refractivity (Wildman–Crippen MR) is 61.6 cm³/mol. The number of pyridine rings is 1. The molecular formula is C11H13BrN2. The minimum atomic E-state index is 0.139. The maximum absolute atomic E-state index is 4.37. The molecule has 2 nitrogen and oxygen atoms in total. The molecule has 0 aliphatic heterocycles. The monoisotopic (exact) mass is 252 g/mol. The van der Waals surface area contributed by atoms with Gasteiger partial charge in [0.2, 0.25) is 0 Å². The van der Waals surface area contributed by atoms with Crippen molar-refractivity contribution in [3.05, 3.63) is 34.7 Å². The van der Waals surface area contributed by atoms with Gasteiger partial charge in [0, 0.05) is 17.3 Å². The largest absolute Gasteiger partial charge is 0.302 e. The van der Waals surface area contributed by atoms with Crippen LogP contribution in [0.1, 0.15) is 26.5 Å². The van der Waals surface area contributed by atoms with Gasteiger partial charge in [0.15, 0.2) is 0 Å². The maximum Gasteiger partial charge on any atom is 0.138 e. The standard InChI is InChI=1S/C11H13BrN2/c1-11(2,3)8-5-4-6-10-13-9(12)7-14(8)10/h4-7H,1-3H3. The third-order valence-corrected chi connectivity index (χ3v) is 2.61. The molecule has 0 aromatic carbocycles. The SMILES string of the molecule is CC(C)(C)c1cccc2nc(Br)cn12. The molecule has 0 spiro atoms. The van der Waals surface area contributed by atoms with Gasteiger partial charge in [0.1, 0.15) is 10.3 Å². The number of halogens is 1. The summed E-state index contributed by atoms with van der Waals surface area (Å²) in [4.78, 5) is 4.37. The van der Waals surface area contributed by atoms with E-state index in [1.165, 1.54) is 5.69 Å². The number of imidazole rings is 1. The van der Waals surface area contributed by atoms with Crippen molar-refractivity contribution in [1.82, 2.24) is 9.38 Å². The molecule has 0 N–H and O–H groups in total. The van der Waals surface area contributed by atoms with E-state index in [2.05, 4.69) is 58.2 Å². The Labute approximate surface area is 92.1 Å². The Morgan fingerprint density at radius 1 is 1.29 bits per heavy atom. The first kappa shape index (κ1) is 9.71. The molecule has 0 aliphatic carbocycles. The number of fused-ring (bicyclic) bond motifs is 1. The van der Waals surface area contributed by atoms with E-state index < -0.39 is 0 Å². The van der Waals surface area contributed by atoms with Gasteiger partial charge in [-0.15, -0.1) is 0 Å². The first-order valence-corrected chi connectivity index (χ1v) is 5.42. The molecule has 0 saturated carbocycles. The van der Waals surface area contributed by atoms with Crippen LogP contribution in [-0.4, -0.2) is 9.38 Å². The first-order chi connectivity index (χ1) is 6.48. The average molecular weight is 253 g/mol. The number of aromatic nitrogens is 2. The Morgan fingerprint density at radius 2 is 2.00 bits per heavy atom. The van der Waals surface area contributed by atoms with E-state index >= 15 is 0 Å². The second-order valence-electron chi connectivity index (χ2n) is 4.45. The average Bonchev–Trinajstić information content (AvgIpc) is 2.41. The van der Waals surface area contributed by atoms with Crippen molar-refractivity contribution in [2.45, 2.75) is 26.2 Å². The second kappa shape index (κ2) is 3.09. The van der Waals surface area contributed by atoms with Crippen LogP contribution in [0.15, 0.2) is 29.0 Å². The van der Waals surface area contributed by atoms with Crippen molar-refractivity contribution in [1.29, 1.82) is 0 Å². The highest BCUT2D eigenvalue weighted by Crippen LogP contribution is 2.24. The quantitative estimate of drug-likeness (QED) is 0.703. The van der Waals surface area contributed by atoms with Gasteiger partial charge in [-0.3, -0.25) is 0 Å². The molecule has 0 fully saturated rings. The van der Waals surface area contributed by atoms with Crippen LogP contribution in [0.5, 0.6) is 0 Å². The summed E-state index contributed by atoms with van der Waals surface area (Å²) in [6, 6.07) is 6.20. The van der Waals surface area contributed by atoms with Crippen molar-refractivity contribution in [2.75, 3.05) is 0 Å². The van der Waals surface area contributed by atoms with Crippen molar-refractivity contribution < 1.29 is 0 Å². The van der Waals surface area contributed by atoms with Gasteiger partial charge in [-0.2, -0.15) is 0 Å². The second-order valence-corrected chi connectivity index (χ2v) is 5.27. The van der Waals surface area contributed by atoms with Crippen LogP contribution in [0.25, 0.3) is 5.65 Å². The molecule has 2 heterocycles. The van der Waals surface area contributed by atoms with Crippen molar-refractivity contribution in [3.8, 4) is 0 Å². The topological polar surface area (TPSA) is 17.3 Å². The van der Waals surface area contributed by atoms with Crippen LogP contribution >= 0.6 is 15.9 Å². The molecule has 0 unspecified atom stereocenters. The lowest BCUT2D eigenvalue weighted by atomic mass is 9.91. The van der Waals surface area contributed by atoms with Crippen LogP contribution in [0.4, 0.5) is 0 Å². The number of rotatable bonds is 0. The molecule has 14 heavy (non-hydrogen) atoms. The summed E-state index contributed by atoms with van der Waals surface area (Å²) < 4.78 is 3.01. The van der Waals surface area contributed by atoms with Crippen molar-refractivity contribution >= 4 is 21.6 Å². The lowest BCUT2D eigenvalue weighted by Crippen LogP contribution is -2.15. The minimum Gasteiger partial charge on any atom is -0.302 e. The van der Waals surface area contributed by atoms with Crippen LogP contribution in [0.3, 0.4) is 0 Å². The number of nitrogens with zero attached hydrogens (tertiary/aromatic N) is 2. The molecule has 0 radical (unpaired) electrons. The Morgan fingerprint density at radius 3 is 2.64 bits per heavy atom. The molecule has 74 valence electrons. The molecular weight excluding hydrogens is 240 g/mol. The fourth-order valence-electron chi connectivity index (χ4n) is 1.59. The van der Waals surface area contributed by atoms with E-state index in [-0.39, 0.29) is 5.41 Å². The van der Waals surface area contributed by atoms with Crippen LogP contribution in [0, 0.1) is 0 Å². The van der Waals surface area contributed by atoms with E-state index in [0.717, 1.165) is 10.3 Å². The molecule has 0 saturated heterocycles. The minimum absolute atomic E-state index is 0.139. The van der Waals surface area contributed by atoms with Crippen LogP contribution in [-0.2, 0) is 5.41 Å². The van der Waals surface area contributed by atoms with E-state index in [0.29, 0.717) is 0 Å². The molecule has 0 atom stereocenters. The lowest BCUT2D eigenvalue weighted by Gasteiger charge is -2.20. The van der Waals surface area contributed by atoms with Gasteiger partial charge in [0.05, 0.1) is 0 Å². The lowest BCUT2D eigenvalue weighted by molar-refractivity contribution is 0.561. The van der Waals surface area contributed by atoms with Gasteiger partial charge in [-0.25, -0.2) is 4.98 Å². The normalized spacial score (nSPS) is 12.3. The zero-order valence-electron chi connectivity index (χ0n) is 8.58. The third kappa shape index (κ3) is 1.57. The van der Waals surface area contributed by atoms with Gasteiger partial charge in [0.25, 0.3) is 0 Å². The van der Waals surface area contributed by atoms with Gasteiger partial charge >= 0.3 is 0 Å². The molecule has 0 aliphatic rings. The summed E-state index contributed by atoms with van der Waals surface area (Å²) in [5.41, 5.74) is 2.40. The predicted octanol–water partition coefficient (Wildman–Crippen LogP) is 3.39. The van der Waals surface area contributed by atoms with Crippen LogP contribution < -0.4 is 0 Å². The van der Waals surface area contributed by atoms with Gasteiger partial charge in [-0.1, -0.05) is 26.8 Å². The summed E-state index contributed by atoms with van der Waals surface area (Å²) >= 11 is 3.39. The van der Waals surface area contributed by atoms with Gasteiger partial charge < -0.3 is 4.40 Å². The number of hydrogen-bond donors (Lipinski definition) is 0. The molecule has 2 rings (SSSR count). The molecule has 2 aromatic heterocycles. The summed E-state index contributed by atoms with van der Waals surface area (Å²) in [6.45, 7) is 6.61. The van der Waals surface area contributed by atoms with Crippen LogP contribution in [0.2, 0.25) is 0 Å². The van der Waals surface area contributed by atoms with E-state index in [1.807, 2.05) is 12.3 Å². The summed E-state index contributed by atoms with van der Waals surface area (Å²) in [7, 11) is 0. The Hall–Kier alpha value is -0.830. The zero-order valence-corrected chi connectivity index (χ0v) is 10.2. The fraction of sp³-hybridized carbons (Fsp3) is 0.364. The van der Waals surface area contributed by atoms with Crippen molar-refractivity contribution in [2.24, 2.45) is 0 Å². The molecule has 3 heteroatoms. The Balaban J connectivity index is 2.77. The Kier molecular flexibility index (Phi) is 2.14. The fourth-order valence-corrected chi connectivity index (χ4v) is 1.98. The smallest absolute Gasteiger partial charge is 0.138 e. The van der Waals surface area contributed by atoms with E-state index in [9.17, 15) is 0 Å². The highest BCUT2D eigenvalue weighted by Gasteiger charge is 2.17. The molecule has 2 aromatic rings. The highest BCUT2D eigenvalue weighted by atomic mass is 79.9. The summed E-state index contributed by atoms with van der Waals surface area (Å²) in [5.74, 6) is 0.